The molecule has 1 N–H and O–H groups in total. The van der Waals surface area contributed by atoms with Gasteiger partial charge >= 0.3 is 6.09 Å². The number of carbonyl (C=O) groups excluding carboxylic acids is 1. The van der Waals surface area contributed by atoms with Gasteiger partial charge in [-0.1, -0.05) is 0 Å². The lowest BCUT2D eigenvalue weighted by Gasteiger charge is -2.52. The number of hydrogen-bond acceptors (Lipinski definition) is 4. The van der Waals surface area contributed by atoms with Crippen molar-refractivity contribution in [1.82, 2.24) is 4.90 Å². The molecule has 0 spiro atoms. The first-order chi connectivity index (χ1) is 12.5. The molecule has 27 heavy (non-hydrogen) atoms. The van der Waals surface area contributed by atoms with Gasteiger partial charge in [-0.05, 0) is 82.7 Å². The molecule has 5 nitrogen and oxygen atoms in total. The van der Waals surface area contributed by atoms with Crippen LogP contribution in [0.25, 0.3) is 0 Å². The lowest BCUT2D eigenvalue weighted by Crippen LogP contribution is -2.59. The van der Waals surface area contributed by atoms with Crippen molar-refractivity contribution < 1.29 is 19.4 Å². The molecule has 0 aliphatic carbocycles. The largest absolute Gasteiger partial charge is 0.497 e. The fourth-order valence-electron chi connectivity index (χ4n) is 5.02. The first-order valence-corrected chi connectivity index (χ1v) is 9.93. The van der Waals surface area contributed by atoms with Crippen LogP contribution in [-0.4, -0.2) is 40.9 Å². The van der Waals surface area contributed by atoms with E-state index in [1.54, 1.807) is 7.11 Å². The van der Waals surface area contributed by atoms with Gasteiger partial charge in [-0.3, -0.25) is 0 Å². The molecule has 1 amide bonds. The van der Waals surface area contributed by atoms with Crippen molar-refractivity contribution in [3.8, 4) is 5.75 Å². The number of methoxy groups -OCH3 is 1. The summed E-state index contributed by atoms with van der Waals surface area (Å²) in [6, 6.07) is 3.99. The summed E-state index contributed by atoms with van der Waals surface area (Å²) in [5.41, 5.74) is 1.64. The quantitative estimate of drug-likeness (QED) is 0.829. The highest BCUT2D eigenvalue weighted by molar-refractivity contribution is 5.69. The molecule has 3 rings (SSSR count). The van der Waals surface area contributed by atoms with Crippen LogP contribution in [0.5, 0.6) is 5.75 Å². The molecule has 2 atom stereocenters. The summed E-state index contributed by atoms with van der Waals surface area (Å²) in [7, 11) is 1.66. The SMILES string of the molecule is COc1cc(C)c(C2(O)CC3CCCC(C2)N3C(=O)OC(C)(C)C)c(C)c1. The lowest BCUT2D eigenvalue weighted by molar-refractivity contribution is -0.0970. The van der Waals surface area contributed by atoms with Crippen molar-refractivity contribution in [3.63, 3.8) is 0 Å². The van der Waals surface area contributed by atoms with Crippen LogP contribution in [0.2, 0.25) is 0 Å². The summed E-state index contributed by atoms with van der Waals surface area (Å²) in [5.74, 6) is 0.809. The van der Waals surface area contributed by atoms with E-state index in [0.29, 0.717) is 12.8 Å². The van der Waals surface area contributed by atoms with Crippen molar-refractivity contribution in [1.29, 1.82) is 0 Å². The third-order valence-corrected chi connectivity index (χ3v) is 5.82. The number of ether oxygens (including phenoxy) is 2. The van der Waals surface area contributed by atoms with Gasteiger partial charge in [0.1, 0.15) is 11.4 Å². The van der Waals surface area contributed by atoms with Crippen LogP contribution in [0.4, 0.5) is 4.79 Å². The van der Waals surface area contributed by atoms with Crippen LogP contribution in [0, 0.1) is 13.8 Å². The van der Waals surface area contributed by atoms with Gasteiger partial charge in [0.15, 0.2) is 0 Å². The number of aliphatic hydroxyl groups is 1. The Hall–Kier alpha value is -1.75. The maximum atomic E-state index is 12.8. The monoisotopic (exact) mass is 375 g/mol. The maximum Gasteiger partial charge on any atom is 0.410 e. The molecule has 2 heterocycles. The number of hydrogen-bond donors (Lipinski definition) is 1. The van der Waals surface area contributed by atoms with Gasteiger partial charge in [-0.15, -0.1) is 0 Å². The first-order valence-electron chi connectivity index (χ1n) is 9.93. The van der Waals surface area contributed by atoms with Crippen LogP contribution in [0.3, 0.4) is 0 Å². The average Bonchev–Trinajstić information content (AvgIpc) is 2.51. The van der Waals surface area contributed by atoms with E-state index >= 15 is 0 Å². The topological polar surface area (TPSA) is 59.0 Å². The molecule has 1 aromatic rings. The summed E-state index contributed by atoms with van der Waals surface area (Å²) in [6.45, 7) is 9.73. The molecule has 2 bridgehead atoms. The second-order valence-corrected chi connectivity index (χ2v) is 9.20. The Bertz CT molecular complexity index is 685. The number of nitrogens with zero attached hydrogens (tertiary/aromatic N) is 1. The third kappa shape index (κ3) is 3.93. The zero-order valence-electron chi connectivity index (χ0n) is 17.5. The highest BCUT2D eigenvalue weighted by Crippen LogP contribution is 2.47. The van der Waals surface area contributed by atoms with Gasteiger partial charge in [0.2, 0.25) is 0 Å². The number of rotatable bonds is 2. The Balaban J connectivity index is 1.91. The van der Waals surface area contributed by atoms with Crippen LogP contribution in [0.1, 0.15) is 69.6 Å². The van der Waals surface area contributed by atoms with Crippen molar-refractivity contribution in [2.45, 2.75) is 90.0 Å². The fourth-order valence-corrected chi connectivity index (χ4v) is 5.02. The Morgan fingerprint density at radius 1 is 1.15 bits per heavy atom. The molecule has 5 heteroatoms. The Morgan fingerprint density at radius 3 is 2.11 bits per heavy atom. The molecule has 150 valence electrons. The summed E-state index contributed by atoms with van der Waals surface area (Å²) in [5, 5.41) is 11.7. The molecule has 0 radical (unpaired) electrons. The van der Waals surface area contributed by atoms with Crippen LogP contribution >= 0.6 is 0 Å². The summed E-state index contributed by atoms with van der Waals surface area (Å²) >= 11 is 0. The molecule has 0 saturated carbocycles. The van der Waals surface area contributed by atoms with Gasteiger partial charge in [0.25, 0.3) is 0 Å². The number of fused-ring (bicyclic) bond motifs is 2. The molecule has 2 fully saturated rings. The molecule has 2 saturated heterocycles. The van der Waals surface area contributed by atoms with Crippen LogP contribution in [0.15, 0.2) is 12.1 Å². The van der Waals surface area contributed by atoms with Gasteiger partial charge < -0.3 is 19.5 Å². The van der Waals surface area contributed by atoms with Crippen molar-refractivity contribution >= 4 is 6.09 Å². The van der Waals surface area contributed by atoms with E-state index in [0.717, 1.165) is 41.7 Å². The second kappa shape index (κ2) is 7.01. The third-order valence-electron chi connectivity index (χ3n) is 5.82. The van der Waals surface area contributed by atoms with Gasteiger partial charge in [0, 0.05) is 24.9 Å². The predicted molar refractivity (Wildman–Crippen MR) is 105 cm³/mol. The lowest BCUT2D eigenvalue weighted by atomic mass is 9.70. The maximum absolute atomic E-state index is 12.8. The van der Waals surface area contributed by atoms with E-state index in [4.69, 9.17) is 9.47 Å². The first kappa shape index (κ1) is 20.0. The average molecular weight is 376 g/mol. The van der Waals surface area contributed by atoms with Crippen molar-refractivity contribution in [2.75, 3.05) is 7.11 Å². The number of benzene rings is 1. The van der Waals surface area contributed by atoms with E-state index in [-0.39, 0.29) is 18.2 Å². The number of amides is 1. The molecule has 2 aliphatic rings. The number of carbonyl (C=O) groups is 1. The van der Waals surface area contributed by atoms with Crippen molar-refractivity contribution in [2.24, 2.45) is 0 Å². The zero-order chi connectivity index (χ0) is 20.0. The molecule has 2 aliphatic heterocycles. The summed E-state index contributed by atoms with van der Waals surface area (Å²) in [4.78, 5) is 14.7. The minimum absolute atomic E-state index is 0.0123. The molecule has 0 aromatic heterocycles. The predicted octanol–water partition coefficient (Wildman–Crippen LogP) is 4.45. The van der Waals surface area contributed by atoms with E-state index in [1.807, 2.05) is 51.7 Å². The number of aryl methyl sites for hydroxylation is 2. The van der Waals surface area contributed by atoms with Crippen LogP contribution < -0.4 is 4.74 Å². The van der Waals surface area contributed by atoms with Crippen molar-refractivity contribution in [3.05, 3.63) is 28.8 Å². The zero-order valence-corrected chi connectivity index (χ0v) is 17.5. The second-order valence-electron chi connectivity index (χ2n) is 9.20. The van der Waals surface area contributed by atoms with E-state index < -0.39 is 11.2 Å². The van der Waals surface area contributed by atoms with Gasteiger partial charge in [0.05, 0.1) is 12.7 Å². The minimum Gasteiger partial charge on any atom is -0.497 e. The highest BCUT2D eigenvalue weighted by Gasteiger charge is 2.50. The Morgan fingerprint density at radius 2 is 1.67 bits per heavy atom. The fraction of sp³-hybridized carbons (Fsp3) is 0.682. The van der Waals surface area contributed by atoms with Gasteiger partial charge in [-0.25, -0.2) is 4.79 Å². The van der Waals surface area contributed by atoms with Gasteiger partial charge in [-0.2, -0.15) is 0 Å². The molecule has 2 unspecified atom stereocenters. The Kier molecular flexibility index (Phi) is 5.19. The molecular formula is C22H33NO4. The number of piperidine rings is 2. The van der Waals surface area contributed by atoms with E-state index in [1.165, 1.54) is 0 Å². The highest BCUT2D eigenvalue weighted by atomic mass is 16.6. The minimum atomic E-state index is -0.922. The summed E-state index contributed by atoms with van der Waals surface area (Å²) in [6.07, 6.45) is 3.76. The molecular weight excluding hydrogens is 342 g/mol. The standard InChI is InChI=1S/C22H33NO4/c1-14-10-18(26-6)11-15(2)19(14)22(25)12-16-8-7-9-17(13-22)23(16)20(24)27-21(3,4)5/h10-11,16-17,25H,7-9,12-13H2,1-6H3. The smallest absolute Gasteiger partial charge is 0.410 e. The van der Waals surface area contributed by atoms with E-state index in [2.05, 4.69) is 0 Å². The summed E-state index contributed by atoms with van der Waals surface area (Å²) < 4.78 is 11.0. The normalized spacial score (nSPS) is 28.0. The molecule has 1 aromatic carbocycles. The van der Waals surface area contributed by atoms with E-state index in [9.17, 15) is 9.90 Å². The van der Waals surface area contributed by atoms with Crippen LogP contribution in [-0.2, 0) is 10.3 Å². The Labute approximate surface area is 162 Å².